The maximum absolute atomic E-state index is 11.4. The van der Waals surface area contributed by atoms with Gasteiger partial charge in [-0.15, -0.1) is 0 Å². The molecule has 17 heavy (non-hydrogen) atoms. The molecule has 0 aromatic heterocycles. The van der Waals surface area contributed by atoms with E-state index in [1.54, 1.807) is 7.11 Å². The van der Waals surface area contributed by atoms with E-state index >= 15 is 0 Å². The van der Waals surface area contributed by atoms with Crippen molar-refractivity contribution in [3.8, 4) is 0 Å². The summed E-state index contributed by atoms with van der Waals surface area (Å²) in [5.74, 6) is 0. The number of hydrogen-bond acceptors (Lipinski definition) is 4. The van der Waals surface area contributed by atoms with Gasteiger partial charge < -0.3 is 14.8 Å². The zero-order valence-corrected chi connectivity index (χ0v) is 11.7. The normalized spacial score (nSPS) is 11.6. The van der Waals surface area contributed by atoms with Crippen LogP contribution in [0.25, 0.3) is 0 Å². The van der Waals surface area contributed by atoms with Crippen LogP contribution in [0.5, 0.6) is 0 Å². The number of carbonyl (C=O) groups excluding carboxylic acids is 1. The third-order valence-electron chi connectivity index (χ3n) is 2.16. The molecular weight excluding hydrogens is 220 g/mol. The summed E-state index contributed by atoms with van der Waals surface area (Å²) in [7, 11) is 1.69. The van der Waals surface area contributed by atoms with E-state index < -0.39 is 5.60 Å². The number of likely N-dealkylation sites (N-methyl/N-ethyl adjacent to an activating group) is 1. The van der Waals surface area contributed by atoms with E-state index in [1.807, 2.05) is 20.8 Å². The van der Waals surface area contributed by atoms with Crippen LogP contribution >= 0.6 is 0 Å². The van der Waals surface area contributed by atoms with Crippen molar-refractivity contribution in [2.45, 2.75) is 33.3 Å². The molecule has 0 bridgehead atoms. The van der Waals surface area contributed by atoms with Gasteiger partial charge in [0.05, 0.1) is 6.61 Å². The molecule has 0 fully saturated rings. The minimum absolute atomic E-state index is 0.361. The van der Waals surface area contributed by atoms with Gasteiger partial charge in [0.1, 0.15) is 5.60 Å². The fourth-order valence-electron chi connectivity index (χ4n) is 1.28. The summed E-state index contributed by atoms with van der Waals surface area (Å²) in [6.45, 7) is 11.6. The van der Waals surface area contributed by atoms with E-state index in [1.165, 1.54) is 0 Å². The fraction of sp³-hybridized carbons (Fsp3) is 0.917. The van der Waals surface area contributed by atoms with Crippen molar-refractivity contribution in [2.75, 3.05) is 39.9 Å². The lowest BCUT2D eigenvalue weighted by Gasteiger charge is -2.22. The highest BCUT2D eigenvalue weighted by Crippen LogP contribution is 2.06. The molecular formula is C12H26N2O3. The van der Waals surface area contributed by atoms with Crippen LogP contribution in [-0.4, -0.2) is 56.5 Å². The van der Waals surface area contributed by atoms with Crippen molar-refractivity contribution >= 4 is 6.09 Å². The summed E-state index contributed by atoms with van der Waals surface area (Å²) < 4.78 is 10.2. The Kier molecular flexibility index (Phi) is 7.91. The Morgan fingerprint density at radius 2 is 1.94 bits per heavy atom. The lowest BCUT2D eigenvalue weighted by molar-refractivity contribution is 0.0520. The number of methoxy groups -OCH3 is 1. The van der Waals surface area contributed by atoms with E-state index in [4.69, 9.17) is 9.47 Å². The van der Waals surface area contributed by atoms with Crippen LogP contribution in [0.15, 0.2) is 0 Å². The van der Waals surface area contributed by atoms with Crippen LogP contribution in [0, 0.1) is 0 Å². The van der Waals surface area contributed by atoms with E-state index in [2.05, 4.69) is 17.1 Å². The smallest absolute Gasteiger partial charge is 0.407 e. The zero-order chi connectivity index (χ0) is 13.3. The number of nitrogens with zero attached hydrogens (tertiary/aromatic N) is 1. The van der Waals surface area contributed by atoms with Crippen LogP contribution in [0.3, 0.4) is 0 Å². The summed E-state index contributed by atoms with van der Waals surface area (Å²) >= 11 is 0. The molecule has 0 saturated heterocycles. The Morgan fingerprint density at radius 1 is 1.29 bits per heavy atom. The average Bonchev–Trinajstić information content (AvgIpc) is 2.20. The largest absolute Gasteiger partial charge is 0.444 e. The second kappa shape index (κ2) is 8.31. The molecule has 1 N–H and O–H groups in total. The number of ether oxygens (including phenoxy) is 2. The summed E-state index contributed by atoms with van der Waals surface area (Å²) in [5, 5.41) is 2.74. The second-order valence-corrected chi connectivity index (χ2v) is 4.86. The van der Waals surface area contributed by atoms with Crippen molar-refractivity contribution in [2.24, 2.45) is 0 Å². The van der Waals surface area contributed by atoms with Gasteiger partial charge >= 0.3 is 6.09 Å². The second-order valence-electron chi connectivity index (χ2n) is 4.86. The summed E-state index contributed by atoms with van der Waals surface area (Å²) in [6.07, 6.45) is -0.361. The Morgan fingerprint density at radius 3 is 2.41 bits per heavy atom. The molecule has 0 heterocycles. The number of nitrogens with one attached hydrogen (secondary N) is 1. The van der Waals surface area contributed by atoms with E-state index in [0.29, 0.717) is 13.2 Å². The molecule has 0 spiro atoms. The average molecular weight is 246 g/mol. The molecule has 0 atom stereocenters. The number of hydrogen-bond donors (Lipinski definition) is 1. The topological polar surface area (TPSA) is 50.8 Å². The van der Waals surface area contributed by atoms with Gasteiger partial charge in [-0.1, -0.05) is 6.92 Å². The maximum Gasteiger partial charge on any atom is 0.407 e. The van der Waals surface area contributed by atoms with Crippen LogP contribution in [0.1, 0.15) is 27.7 Å². The van der Waals surface area contributed by atoms with E-state index in [-0.39, 0.29) is 6.09 Å². The van der Waals surface area contributed by atoms with Crippen molar-refractivity contribution in [3.63, 3.8) is 0 Å². The number of carbonyl (C=O) groups is 1. The quantitative estimate of drug-likeness (QED) is 0.739. The molecule has 0 aliphatic carbocycles. The zero-order valence-electron chi connectivity index (χ0n) is 11.7. The minimum atomic E-state index is -0.440. The van der Waals surface area contributed by atoms with Gasteiger partial charge in [-0.3, -0.25) is 4.90 Å². The SMILES string of the molecule is CCN(CCNC(=O)OC(C)(C)C)CCOC. The number of alkyl carbamates (subject to hydrolysis) is 1. The van der Waals surface area contributed by atoms with Crippen LogP contribution in [-0.2, 0) is 9.47 Å². The van der Waals surface area contributed by atoms with Gasteiger partial charge in [-0.2, -0.15) is 0 Å². The molecule has 5 heteroatoms. The predicted molar refractivity (Wildman–Crippen MR) is 68.2 cm³/mol. The highest BCUT2D eigenvalue weighted by Gasteiger charge is 2.15. The molecule has 0 aromatic rings. The molecule has 0 aromatic carbocycles. The Labute approximate surface area is 104 Å². The first-order valence-corrected chi connectivity index (χ1v) is 6.07. The van der Waals surface area contributed by atoms with Gasteiger partial charge in [0, 0.05) is 26.7 Å². The van der Waals surface area contributed by atoms with Crippen molar-refractivity contribution in [3.05, 3.63) is 0 Å². The van der Waals surface area contributed by atoms with Gasteiger partial charge in [-0.05, 0) is 27.3 Å². The first kappa shape index (κ1) is 16.2. The third kappa shape index (κ3) is 10.1. The van der Waals surface area contributed by atoms with Gasteiger partial charge in [0.2, 0.25) is 0 Å². The molecule has 0 radical (unpaired) electrons. The number of amides is 1. The number of rotatable bonds is 7. The third-order valence-corrected chi connectivity index (χ3v) is 2.16. The highest BCUT2D eigenvalue weighted by molar-refractivity contribution is 5.67. The fourth-order valence-corrected chi connectivity index (χ4v) is 1.28. The standard InChI is InChI=1S/C12H26N2O3/c1-6-14(9-10-16-5)8-7-13-11(15)17-12(2,3)4/h6-10H2,1-5H3,(H,13,15). The van der Waals surface area contributed by atoms with Crippen LogP contribution in [0.4, 0.5) is 4.79 Å². The lowest BCUT2D eigenvalue weighted by Crippen LogP contribution is -2.38. The minimum Gasteiger partial charge on any atom is -0.444 e. The van der Waals surface area contributed by atoms with E-state index in [9.17, 15) is 4.79 Å². The van der Waals surface area contributed by atoms with E-state index in [0.717, 1.165) is 19.6 Å². The Bertz CT molecular complexity index is 214. The van der Waals surface area contributed by atoms with Crippen molar-refractivity contribution in [1.29, 1.82) is 0 Å². The first-order valence-electron chi connectivity index (χ1n) is 6.07. The van der Waals surface area contributed by atoms with Crippen molar-refractivity contribution < 1.29 is 14.3 Å². The molecule has 1 amide bonds. The molecule has 0 unspecified atom stereocenters. The molecule has 0 rings (SSSR count). The lowest BCUT2D eigenvalue weighted by atomic mass is 10.2. The summed E-state index contributed by atoms with van der Waals surface area (Å²) in [4.78, 5) is 13.6. The Balaban J connectivity index is 3.70. The molecule has 0 saturated carbocycles. The van der Waals surface area contributed by atoms with Crippen LogP contribution < -0.4 is 5.32 Å². The monoisotopic (exact) mass is 246 g/mol. The first-order chi connectivity index (χ1) is 7.89. The summed E-state index contributed by atoms with van der Waals surface area (Å²) in [6, 6.07) is 0. The Hall–Kier alpha value is -0.810. The molecule has 102 valence electrons. The molecule has 0 aliphatic rings. The van der Waals surface area contributed by atoms with Gasteiger partial charge in [0.15, 0.2) is 0 Å². The van der Waals surface area contributed by atoms with Crippen LogP contribution in [0.2, 0.25) is 0 Å². The van der Waals surface area contributed by atoms with Gasteiger partial charge in [0.25, 0.3) is 0 Å². The summed E-state index contributed by atoms with van der Waals surface area (Å²) in [5.41, 5.74) is -0.440. The molecule has 0 aliphatic heterocycles. The van der Waals surface area contributed by atoms with Crippen molar-refractivity contribution in [1.82, 2.24) is 10.2 Å². The molecule has 5 nitrogen and oxygen atoms in total. The maximum atomic E-state index is 11.4. The van der Waals surface area contributed by atoms with Gasteiger partial charge in [-0.25, -0.2) is 4.79 Å². The predicted octanol–water partition coefficient (Wildman–Crippen LogP) is 1.48. The highest BCUT2D eigenvalue weighted by atomic mass is 16.6.